The van der Waals surface area contributed by atoms with Crippen LogP contribution in [0.25, 0.3) is 0 Å². The van der Waals surface area contributed by atoms with Gasteiger partial charge in [0.25, 0.3) is 0 Å². The van der Waals surface area contributed by atoms with E-state index in [0.29, 0.717) is 12.5 Å². The van der Waals surface area contributed by atoms with Crippen molar-refractivity contribution in [3.05, 3.63) is 11.6 Å². The molecule has 0 heterocycles. The topological polar surface area (TPSA) is 26.3 Å². The van der Waals surface area contributed by atoms with Crippen LogP contribution in [-0.2, 0) is 9.53 Å². The molecule has 0 fully saturated rings. The molecule has 0 saturated heterocycles. The maximum Gasteiger partial charge on any atom is 0.330 e. The lowest BCUT2D eigenvalue weighted by Crippen LogP contribution is -2.07. The van der Waals surface area contributed by atoms with Crippen molar-refractivity contribution in [2.75, 3.05) is 6.61 Å². The zero-order valence-electron chi connectivity index (χ0n) is 12.6. The molecule has 0 N–H and O–H groups in total. The molecule has 0 aromatic rings. The summed E-state index contributed by atoms with van der Waals surface area (Å²) in [6, 6.07) is 0. The van der Waals surface area contributed by atoms with Crippen LogP contribution in [0.15, 0.2) is 11.6 Å². The second kappa shape index (κ2) is 11.3. The van der Waals surface area contributed by atoms with E-state index in [2.05, 4.69) is 6.92 Å². The average Bonchev–Trinajstić information content (AvgIpc) is 2.31. The molecule has 2 heteroatoms. The van der Waals surface area contributed by atoms with Gasteiger partial charge < -0.3 is 4.74 Å². The van der Waals surface area contributed by atoms with Crippen LogP contribution >= 0.6 is 0 Å². The minimum Gasteiger partial charge on any atom is -0.462 e. The van der Waals surface area contributed by atoms with Crippen molar-refractivity contribution in [1.29, 1.82) is 0 Å². The van der Waals surface area contributed by atoms with E-state index in [4.69, 9.17) is 4.74 Å². The molecule has 0 unspecified atom stereocenters. The molecule has 0 rings (SSSR count). The highest BCUT2D eigenvalue weighted by Gasteiger charge is 2.01. The van der Waals surface area contributed by atoms with E-state index >= 15 is 0 Å². The number of ether oxygens (including phenoxy) is 1. The number of allylic oxidation sites excluding steroid dienone is 1. The Morgan fingerprint density at radius 1 is 1.11 bits per heavy atom. The molecule has 0 aromatic heterocycles. The molecule has 18 heavy (non-hydrogen) atoms. The van der Waals surface area contributed by atoms with E-state index < -0.39 is 0 Å². The summed E-state index contributed by atoms with van der Waals surface area (Å²) in [6.07, 6.45) is 10.4. The Kier molecular flexibility index (Phi) is 10.8. The van der Waals surface area contributed by atoms with Gasteiger partial charge in [-0.3, -0.25) is 0 Å². The highest BCUT2D eigenvalue weighted by Crippen LogP contribution is 2.11. The molecular formula is C16H30O2. The minimum atomic E-state index is -0.188. The van der Waals surface area contributed by atoms with E-state index in [9.17, 15) is 4.79 Å². The van der Waals surface area contributed by atoms with Crippen LogP contribution in [0.4, 0.5) is 0 Å². The summed E-state index contributed by atoms with van der Waals surface area (Å²) in [6.45, 7) is 8.85. The number of rotatable bonds is 10. The Hall–Kier alpha value is -0.790. The third kappa shape index (κ3) is 11.7. The normalized spacial score (nSPS) is 11.9. The van der Waals surface area contributed by atoms with E-state index in [1.165, 1.54) is 38.5 Å². The fourth-order valence-electron chi connectivity index (χ4n) is 1.75. The fourth-order valence-corrected chi connectivity index (χ4v) is 1.75. The van der Waals surface area contributed by atoms with Gasteiger partial charge in [-0.15, -0.1) is 0 Å². The number of hydrogen-bond donors (Lipinski definition) is 0. The molecule has 2 nitrogen and oxygen atoms in total. The molecule has 0 amide bonds. The van der Waals surface area contributed by atoms with Crippen molar-refractivity contribution >= 4 is 5.97 Å². The van der Waals surface area contributed by atoms with Crippen LogP contribution in [0, 0.1) is 5.92 Å². The lowest BCUT2D eigenvalue weighted by molar-refractivity contribution is -0.138. The first kappa shape index (κ1) is 17.2. The van der Waals surface area contributed by atoms with Crippen molar-refractivity contribution in [2.45, 2.75) is 72.6 Å². The molecule has 0 atom stereocenters. The summed E-state index contributed by atoms with van der Waals surface area (Å²) < 4.78 is 5.12. The zero-order chi connectivity index (χ0) is 13.8. The summed E-state index contributed by atoms with van der Waals surface area (Å²) >= 11 is 0. The number of hydrogen-bond acceptors (Lipinski definition) is 2. The van der Waals surface area contributed by atoms with Crippen molar-refractivity contribution in [3.8, 4) is 0 Å². The Morgan fingerprint density at radius 3 is 2.33 bits per heavy atom. The summed E-state index contributed by atoms with van der Waals surface area (Å²) in [4.78, 5) is 11.4. The van der Waals surface area contributed by atoms with Gasteiger partial charge in [-0.25, -0.2) is 4.79 Å². The van der Waals surface area contributed by atoms with Gasteiger partial charge in [-0.2, -0.15) is 0 Å². The van der Waals surface area contributed by atoms with E-state index in [1.54, 1.807) is 6.08 Å². The van der Waals surface area contributed by atoms with Crippen LogP contribution in [0.1, 0.15) is 72.6 Å². The second-order valence-corrected chi connectivity index (χ2v) is 5.53. The third-order valence-electron chi connectivity index (χ3n) is 2.85. The lowest BCUT2D eigenvalue weighted by atomic mass is 10.1. The molecule has 0 aliphatic heterocycles. The van der Waals surface area contributed by atoms with Crippen molar-refractivity contribution in [3.63, 3.8) is 0 Å². The van der Waals surface area contributed by atoms with Crippen LogP contribution in [0.2, 0.25) is 0 Å². The van der Waals surface area contributed by atoms with Gasteiger partial charge in [0, 0.05) is 6.08 Å². The van der Waals surface area contributed by atoms with Crippen LogP contribution in [-0.4, -0.2) is 12.6 Å². The number of esters is 1. The minimum absolute atomic E-state index is 0.188. The van der Waals surface area contributed by atoms with Gasteiger partial charge in [0.1, 0.15) is 0 Å². The molecule has 0 saturated carbocycles. The van der Waals surface area contributed by atoms with Gasteiger partial charge in [0.05, 0.1) is 6.61 Å². The number of carbonyl (C=O) groups is 1. The van der Waals surface area contributed by atoms with Crippen molar-refractivity contribution in [2.24, 2.45) is 5.92 Å². The van der Waals surface area contributed by atoms with Gasteiger partial charge in [0.2, 0.25) is 0 Å². The predicted octanol–water partition coefficient (Wildman–Crippen LogP) is 4.88. The first-order valence-corrected chi connectivity index (χ1v) is 7.40. The van der Waals surface area contributed by atoms with Gasteiger partial charge in [-0.05, 0) is 25.7 Å². The lowest BCUT2D eigenvalue weighted by Gasteiger charge is -2.05. The van der Waals surface area contributed by atoms with E-state index in [1.807, 2.05) is 20.8 Å². The Bertz CT molecular complexity index is 241. The maximum absolute atomic E-state index is 11.4. The van der Waals surface area contributed by atoms with Gasteiger partial charge in [-0.1, -0.05) is 58.4 Å². The molecule has 0 aromatic carbocycles. The summed E-state index contributed by atoms with van der Waals surface area (Å²) in [5.74, 6) is 0.216. The van der Waals surface area contributed by atoms with Crippen LogP contribution in [0.5, 0.6) is 0 Å². The largest absolute Gasteiger partial charge is 0.462 e. The maximum atomic E-state index is 11.4. The highest BCUT2D eigenvalue weighted by molar-refractivity contribution is 5.82. The summed E-state index contributed by atoms with van der Waals surface area (Å²) in [7, 11) is 0. The summed E-state index contributed by atoms with van der Waals surface area (Å²) in [5, 5.41) is 0. The standard InChI is InChI=1S/C16H30O2/c1-5-6-7-8-9-10-11-15(4)12-16(17)18-13-14(2)3/h12,14H,5-11,13H2,1-4H3/b15-12+. The fraction of sp³-hybridized carbons (Fsp3) is 0.812. The summed E-state index contributed by atoms with van der Waals surface area (Å²) in [5.41, 5.74) is 1.14. The first-order chi connectivity index (χ1) is 8.56. The van der Waals surface area contributed by atoms with E-state index in [0.717, 1.165) is 12.0 Å². The molecule has 0 aliphatic carbocycles. The molecule has 0 radical (unpaired) electrons. The van der Waals surface area contributed by atoms with E-state index in [-0.39, 0.29) is 5.97 Å². The predicted molar refractivity (Wildman–Crippen MR) is 77.5 cm³/mol. The van der Waals surface area contributed by atoms with Crippen molar-refractivity contribution in [1.82, 2.24) is 0 Å². The Balaban J connectivity index is 3.60. The highest BCUT2D eigenvalue weighted by atomic mass is 16.5. The zero-order valence-corrected chi connectivity index (χ0v) is 12.6. The molecule has 106 valence electrons. The molecule has 0 aliphatic rings. The number of unbranched alkanes of at least 4 members (excludes halogenated alkanes) is 5. The van der Waals surface area contributed by atoms with Crippen molar-refractivity contribution < 1.29 is 9.53 Å². The molecule has 0 bridgehead atoms. The van der Waals surface area contributed by atoms with Gasteiger partial charge >= 0.3 is 5.97 Å². The third-order valence-corrected chi connectivity index (χ3v) is 2.85. The Labute approximate surface area is 113 Å². The van der Waals surface area contributed by atoms with Gasteiger partial charge in [0.15, 0.2) is 0 Å². The Morgan fingerprint density at radius 2 is 1.72 bits per heavy atom. The molecular weight excluding hydrogens is 224 g/mol. The SMILES string of the molecule is CCCCCCCC/C(C)=C/C(=O)OCC(C)C. The smallest absolute Gasteiger partial charge is 0.330 e. The van der Waals surface area contributed by atoms with Crippen LogP contribution < -0.4 is 0 Å². The van der Waals surface area contributed by atoms with Crippen LogP contribution in [0.3, 0.4) is 0 Å². The average molecular weight is 254 g/mol. The number of carbonyl (C=O) groups excluding carboxylic acids is 1. The first-order valence-electron chi connectivity index (χ1n) is 7.40. The second-order valence-electron chi connectivity index (χ2n) is 5.53. The quantitative estimate of drug-likeness (QED) is 0.315. The molecule has 0 spiro atoms. The monoisotopic (exact) mass is 254 g/mol.